The summed E-state index contributed by atoms with van der Waals surface area (Å²) < 4.78 is 0. The van der Waals surface area contributed by atoms with Gasteiger partial charge < -0.3 is 15.5 Å². The third-order valence-electron chi connectivity index (χ3n) is 3.31. The summed E-state index contributed by atoms with van der Waals surface area (Å²) in [7, 11) is 3.99. The molecule has 1 fully saturated rings. The molecule has 19 heavy (non-hydrogen) atoms. The van der Waals surface area contributed by atoms with Crippen molar-refractivity contribution in [2.75, 3.05) is 27.2 Å². The molecule has 0 bridgehead atoms. The molecule has 2 unspecified atom stereocenters. The molecule has 2 atom stereocenters. The second-order valence-corrected chi connectivity index (χ2v) is 5.92. The highest BCUT2D eigenvalue weighted by Crippen LogP contribution is 2.22. The number of nitrogens with zero attached hydrogens (tertiary/aromatic N) is 1. The average molecular weight is 281 g/mol. The van der Waals surface area contributed by atoms with Crippen LogP contribution in [-0.4, -0.2) is 43.9 Å². The molecule has 0 aromatic carbocycles. The molecule has 2 heterocycles. The number of thiophene rings is 1. The van der Waals surface area contributed by atoms with Crippen molar-refractivity contribution >= 4 is 23.2 Å². The highest BCUT2D eigenvalue weighted by Gasteiger charge is 2.28. The third kappa shape index (κ3) is 3.54. The Morgan fingerprint density at radius 2 is 2.42 bits per heavy atom. The molecular formula is C13H19N3O2S. The molecule has 1 aliphatic rings. The van der Waals surface area contributed by atoms with Gasteiger partial charge in [-0.05, 0) is 25.5 Å². The van der Waals surface area contributed by atoms with Gasteiger partial charge in [-0.25, -0.2) is 0 Å². The van der Waals surface area contributed by atoms with Crippen LogP contribution in [0, 0.1) is 5.92 Å². The van der Waals surface area contributed by atoms with E-state index in [4.69, 9.17) is 0 Å². The zero-order valence-corrected chi connectivity index (χ0v) is 12.0. The van der Waals surface area contributed by atoms with E-state index in [1.54, 1.807) is 11.3 Å². The lowest BCUT2D eigenvalue weighted by molar-refractivity contribution is -0.126. The SMILES string of the molecule is CN(C)C(CNC(=O)C1CNC(=O)C1)c1cccs1. The normalized spacial score (nSPS) is 20.4. The monoisotopic (exact) mass is 281 g/mol. The summed E-state index contributed by atoms with van der Waals surface area (Å²) in [4.78, 5) is 26.4. The first-order chi connectivity index (χ1) is 9.08. The lowest BCUT2D eigenvalue weighted by atomic mass is 10.1. The van der Waals surface area contributed by atoms with E-state index in [-0.39, 0.29) is 23.8 Å². The van der Waals surface area contributed by atoms with Crippen molar-refractivity contribution in [1.29, 1.82) is 0 Å². The van der Waals surface area contributed by atoms with E-state index in [9.17, 15) is 9.59 Å². The smallest absolute Gasteiger partial charge is 0.225 e. The summed E-state index contributed by atoms with van der Waals surface area (Å²) in [5, 5.41) is 7.66. The third-order valence-corrected chi connectivity index (χ3v) is 4.29. The second kappa shape index (κ2) is 6.16. The Balaban J connectivity index is 1.89. The molecule has 0 aliphatic carbocycles. The Morgan fingerprint density at radius 1 is 1.63 bits per heavy atom. The molecule has 6 heteroatoms. The number of likely N-dealkylation sites (N-methyl/N-ethyl adjacent to an activating group) is 1. The van der Waals surface area contributed by atoms with Crippen molar-refractivity contribution < 1.29 is 9.59 Å². The molecule has 5 nitrogen and oxygen atoms in total. The van der Waals surface area contributed by atoms with Gasteiger partial charge in [0.15, 0.2) is 0 Å². The van der Waals surface area contributed by atoms with Crippen LogP contribution in [0.2, 0.25) is 0 Å². The summed E-state index contributed by atoms with van der Waals surface area (Å²) in [6, 6.07) is 4.26. The van der Waals surface area contributed by atoms with Crippen molar-refractivity contribution in [3.8, 4) is 0 Å². The highest BCUT2D eigenvalue weighted by molar-refractivity contribution is 7.10. The van der Waals surface area contributed by atoms with Crippen LogP contribution in [0.25, 0.3) is 0 Å². The van der Waals surface area contributed by atoms with E-state index in [1.807, 2.05) is 25.5 Å². The van der Waals surface area contributed by atoms with Gasteiger partial charge >= 0.3 is 0 Å². The van der Waals surface area contributed by atoms with Gasteiger partial charge in [-0.2, -0.15) is 0 Å². The number of amides is 2. The average Bonchev–Trinajstić information content (AvgIpc) is 3.00. The first-order valence-corrected chi connectivity index (χ1v) is 7.20. The summed E-state index contributed by atoms with van der Waals surface area (Å²) in [6.45, 7) is 1.02. The van der Waals surface area contributed by atoms with E-state index in [1.165, 1.54) is 4.88 Å². The standard InChI is InChI=1S/C13H19N3O2S/c1-16(2)10(11-4-3-5-19-11)8-15-13(18)9-6-12(17)14-7-9/h3-5,9-10H,6-8H2,1-2H3,(H,14,17)(H,15,18). The molecule has 2 N–H and O–H groups in total. The van der Waals surface area contributed by atoms with Crippen LogP contribution < -0.4 is 10.6 Å². The summed E-state index contributed by atoms with van der Waals surface area (Å²) in [5.41, 5.74) is 0. The quantitative estimate of drug-likeness (QED) is 0.831. The molecule has 2 amide bonds. The number of hydrogen-bond acceptors (Lipinski definition) is 4. The van der Waals surface area contributed by atoms with Gasteiger partial charge in [0.05, 0.1) is 12.0 Å². The largest absolute Gasteiger partial charge is 0.355 e. The summed E-state index contributed by atoms with van der Waals surface area (Å²) >= 11 is 1.68. The Labute approximate surface area is 117 Å². The Morgan fingerprint density at radius 3 is 2.95 bits per heavy atom. The van der Waals surface area contributed by atoms with Gasteiger partial charge in [-0.1, -0.05) is 6.07 Å². The zero-order valence-electron chi connectivity index (χ0n) is 11.2. The van der Waals surface area contributed by atoms with Crippen LogP contribution in [0.4, 0.5) is 0 Å². The molecule has 1 aliphatic heterocycles. The molecule has 0 spiro atoms. The predicted molar refractivity (Wildman–Crippen MR) is 74.9 cm³/mol. The molecule has 1 aromatic heterocycles. The predicted octanol–water partition coefficient (Wildman–Crippen LogP) is 0.603. The number of carbonyl (C=O) groups excluding carboxylic acids is 2. The molecule has 0 saturated carbocycles. The first-order valence-electron chi connectivity index (χ1n) is 6.32. The van der Waals surface area contributed by atoms with E-state index in [0.29, 0.717) is 19.5 Å². The Kier molecular flexibility index (Phi) is 4.55. The number of hydrogen-bond donors (Lipinski definition) is 2. The van der Waals surface area contributed by atoms with Gasteiger partial charge in [0.1, 0.15) is 0 Å². The van der Waals surface area contributed by atoms with Crippen LogP contribution in [0.3, 0.4) is 0 Å². The van der Waals surface area contributed by atoms with Crippen molar-refractivity contribution in [2.24, 2.45) is 5.92 Å². The molecule has 1 aromatic rings. The van der Waals surface area contributed by atoms with Crippen LogP contribution in [-0.2, 0) is 9.59 Å². The van der Waals surface area contributed by atoms with E-state index in [2.05, 4.69) is 21.6 Å². The van der Waals surface area contributed by atoms with E-state index >= 15 is 0 Å². The zero-order chi connectivity index (χ0) is 13.8. The minimum atomic E-state index is -0.223. The van der Waals surface area contributed by atoms with Crippen molar-refractivity contribution in [3.05, 3.63) is 22.4 Å². The molecular weight excluding hydrogens is 262 g/mol. The number of rotatable bonds is 5. The molecule has 104 valence electrons. The van der Waals surface area contributed by atoms with E-state index in [0.717, 1.165) is 0 Å². The Bertz CT molecular complexity index is 445. The van der Waals surface area contributed by atoms with Gasteiger partial charge in [0.2, 0.25) is 11.8 Å². The molecule has 0 radical (unpaired) electrons. The topological polar surface area (TPSA) is 61.4 Å². The molecule has 1 saturated heterocycles. The van der Waals surface area contributed by atoms with Crippen molar-refractivity contribution in [2.45, 2.75) is 12.5 Å². The lowest BCUT2D eigenvalue weighted by Gasteiger charge is -2.24. The second-order valence-electron chi connectivity index (χ2n) is 4.95. The summed E-state index contributed by atoms with van der Waals surface area (Å²) in [5.74, 6) is -0.303. The van der Waals surface area contributed by atoms with Crippen molar-refractivity contribution in [1.82, 2.24) is 15.5 Å². The minimum absolute atomic E-state index is 0.0393. The fourth-order valence-corrected chi connectivity index (χ4v) is 3.07. The van der Waals surface area contributed by atoms with Gasteiger partial charge in [0.25, 0.3) is 0 Å². The van der Waals surface area contributed by atoms with Crippen LogP contribution in [0.15, 0.2) is 17.5 Å². The van der Waals surface area contributed by atoms with Crippen molar-refractivity contribution in [3.63, 3.8) is 0 Å². The van der Waals surface area contributed by atoms with Gasteiger partial charge in [-0.15, -0.1) is 11.3 Å². The fraction of sp³-hybridized carbons (Fsp3) is 0.538. The maximum absolute atomic E-state index is 12.0. The molecule has 2 rings (SSSR count). The van der Waals surface area contributed by atoms with Gasteiger partial charge in [-0.3, -0.25) is 9.59 Å². The van der Waals surface area contributed by atoms with Crippen LogP contribution in [0.1, 0.15) is 17.3 Å². The Hall–Kier alpha value is -1.40. The lowest BCUT2D eigenvalue weighted by Crippen LogP contribution is -2.38. The highest BCUT2D eigenvalue weighted by atomic mass is 32.1. The maximum atomic E-state index is 12.0. The van der Waals surface area contributed by atoms with Crippen LogP contribution in [0.5, 0.6) is 0 Å². The summed E-state index contributed by atoms with van der Waals surface area (Å²) in [6.07, 6.45) is 0.303. The van der Waals surface area contributed by atoms with E-state index < -0.39 is 0 Å². The van der Waals surface area contributed by atoms with Gasteiger partial charge in [0, 0.05) is 24.4 Å². The number of carbonyl (C=O) groups is 2. The first kappa shape index (κ1) is 14.0. The fourth-order valence-electron chi connectivity index (χ4n) is 2.15. The van der Waals surface area contributed by atoms with Crippen LogP contribution >= 0.6 is 11.3 Å². The number of nitrogens with one attached hydrogen (secondary N) is 2. The maximum Gasteiger partial charge on any atom is 0.225 e. The minimum Gasteiger partial charge on any atom is -0.355 e.